The highest BCUT2D eigenvalue weighted by Gasteiger charge is 1.89. The average Bonchev–Trinajstić information content (AvgIpc) is 2.80. The molecule has 4 N–H and O–H groups in total. The fraction of sp³-hybridized carbons (Fsp3) is 0. The molecule has 0 aliphatic heterocycles. The SMILES string of the molecule is C(=C\c1ccccc1)/c1ccccc1.Cl.Cl.Nc1ccc(/C=C/c2ccc(N)cc2)cc1. The standard InChI is InChI=1S/C14H14N2.C14H12.2ClH/c15-13-7-3-11(4-8-13)1-2-12-5-9-14(16)10-6-12;1-3-7-13(8-4-1)11-12-14-9-5-2-6-10-14;;/h1-10H,15-16H2;1-12H;2*1H/b2-1+;12-11+;;. The lowest BCUT2D eigenvalue weighted by Gasteiger charge is -1.96. The van der Waals surface area contributed by atoms with Gasteiger partial charge < -0.3 is 11.5 Å². The first-order valence-electron chi connectivity index (χ1n) is 9.86. The number of rotatable bonds is 4. The van der Waals surface area contributed by atoms with Crippen molar-refractivity contribution in [2.75, 3.05) is 11.5 Å². The maximum absolute atomic E-state index is 5.61. The molecule has 0 heterocycles. The fourth-order valence-corrected chi connectivity index (χ4v) is 2.73. The largest absolute Gasteiger partial charge is 0.399 e. The molecule has 4 aromatic carbocycles. The molecule has 0 bridgehead atoms. The van der Waals surface area contributed by atoms with E-state index >= 15 is 0 Å². The quantitative estimate of drug-likeness (QED) is 0.240. The highest BCUT2D eigenvalue weighted by atomic mass is 35.5. The van der Waals surface area contributed by atoms with Crippen molar-refractivity contribution in [3.05, 3.63) is 131 Å². The molecule has 0 aromatic heterocycles. The molecule has 164 valence electrons. The number of anilines is 2. The summed E-state index contributed by atoms with van der Waals surface area (Å²) in [6.45, 7) is 0. The normalized spacial score (nSPS) is 10.0. The summed E-state index contributed by atoms with van der Waals surface area (Å²) in [6, 6.07) is 36.2. The highest BCUT2D eigenvalue weighted by molar-refractivity contribution is 5.85. The first kappa shape index (κ1) is 26.6. The van der Waals surface area contributed by atoms with E-state index in [0.29, 0.717) is 0 Å². The Kier molecular flexibility index (Phi) is 12.1. The predicted molar refractivity (Wildman–Crippen MR) is 147 cm³/mol. The summed E-state index contributed by atoms with van der Waals surface area (Å²) in [5, 5.41) is 0. The summed E-state index contributed by atoms with van der Waals surface area (Å²) >= 11 is 0. The predicted octanol–water partition coefficient (Wildman–Crippen LogP) is 7.72. The summed E-state index contributed by atoms with van der Waals surface area (Å²) in [5.74, 6) is 0. The molecule has 0 radical (unpaired) electrons. The lowest BCUT2D eigenvalue weighted by Crippen LogP contribution is -1.83. The monoisotopic (exact) mass is 462 g/mol. The van der Waals surface area contributed by atoms with Crippen molar-refractivity contribution in [3.63, 3.8) is 0 Å². The van der Waals surface area contributed by atoms with Crippen LogP contribution in [0.4, 0.5) is 11.4 Å². The Balaban J connectivity index is 0.000000303. The van der Waals surface area contributed by atoms with E-state index in [9.17, 15) is 0 Å². The van der Waals surface area contributed by atoms with Crippen molar-refractivity contribution in [1.82, 2.24) is 0 Å². The molecule has 4 aromatic rings. The number of nitrogen functional groups attached to an aromatic ring is 2. The maximum Gasteiger partial charge on any atom is 0.0314 e. The number of hydrogen-bond acceptors (Lipinski definition) is 2. The molecule has 0 spiro atoms. The van der Waals surface area contributed by atoms with Crippen LogP contribution in [-0.2, 0) is 0 Å². The number of hydrogen-bond donors (Lipinski definition) is 2. The van der Waals surface area contributed by atoms with Crippen LogP contribution in [0, 0.1) is 0 Å². The van der Waals surface area contributed by atoms with Crippen molar-refractivity contribution in [2.24, 2.45) is 0 Å². The van der Waals surface area contributed by atoms with E-state index in [2.05, 4.69) is 36.4 Å². The molecule has 0 atom stereocenters. The van der Waals surface area contributed by atoms with E-state index < -0.39 is 0 Å². The zero-order valence-corrected chi connectivity index (χ0v) is 19.3. The first-order chi connectivity index (χ1) is 14.7. The Hall–Kier alpha value is -3.46. The van der Waals surface area contributed by atoms with Crippen LogP contribution in [0.1, 0.15) is 22.3 Å². The summed E-state index contributed by atoms with van der Waals surface area (Å²) in [5.41, 5.74) is 17.5. The molecule has 2 nitrogen and oxygen atoms in total. The Bertz CT molecular complexity index is 985. The van der Waals surface area contributed by atoms with Gasteiger partial charge in [-0.05, 0) is 46.5 Å². The van der Waals surface area contributed by atoms with Gasteiger partial charge in [-0.15, -0.1) is 24.8 Å². The van der Waals surface area contributed by atoms with Crippen molar-refractivity contribution >= 4 is 60.5 Å². The third kappa shape index (κ3) is 9.57. The Morgan fingerprint density at radius 1 is 0.344 bits per heavy atom. The summed E-state index contributed by atoms with van der Waals surface area (Å²) in [6.07, 6.45) is 8.33. The maximum atomic E-state index is 5.61. The molecule has 32 heavy (non-hydrogen) atoms. The van der Waals surface area contributed by atoms with Crippen molar-refractivity contribution in [3.8, 4) is 0 Å². The van der Waals surface area contributed by atoms with E-state index in [1.807, 2.05) is 97.1 Å². The average molecular weight is 463 g/mol. The second-order valence-corrected chi connectivity index (χ2v) is 6.82. The minimum Gasteiger partial charge on any atom is -0.399 e. The molecule has 0 fully saturated rings. The molecule has 4 heteroatoms. The molecule has 0 amide bonds. The first-order valence-corrected chi connectivity index (χ1v) is 9.86. The molecular formula is C28H28Cl2N2. The minimum absolute atomic E-state index is 0. The zero-order chi connectivity index (χ0) is 21.0. The van der Waals surface area contributed by atoms with Gasteiger partial charge in [0.2, 0.25) is 0 Å². The van der Waals surface area contributed by atoms with Crippen LogP contribution in [0.15, 0.2) is 109 Å². The highest BCUT2D eigenvalue weighted by Crippen LogP contribution is 2.12. The van der Waals surface area contributed by atoms with Crippen LogP contribution in [0.3, 0.4) is 0 Å². The van der Waals surface area contributed by atoms with E-state index in [4.69, 9.17) is 11.5 Å². The summed E-state index contributed by atoms with van der Waals surface area (Å²) in [7, 11) is 0. The van der Waals surface area contributed by atoms with Crippen molar-refractivity contribution < 1.29 is 0 Å². The second-order valence-electron chi connectivity index (χ2n) is 6.82. The zero-order valence-electron chi connectivity index (χ0n) is 17.7. The van der Waals surface area contributed by atoms with Crippen LogP contribution in [0.5, 0.6) is 0 Å². The van der Waals surface area contributed by atoms with Crippen molar-refractivity contribution in [2.45, 2.75) is 0 Å². The molecule has 0 saturated carbocycles. The second kappa shape index (κ2) is 14.5. The van der Waals surface area contributed by atoms with Crippen LogP contribution in [-0.4, -0.2) is 0 Å². The van der Waals surface area contributed by atoms with Crippen molar-refractivity contribution in [1.29, 1.82) is 0 Å². The van der Waals surface area contributed by atoms with Gasteiger partial charge in [0.25, 0.3) is 0 Å². The Labute approximate surface area is 203 Å². The molecular weight excluding hydrogens is 435 g/mol. The smallest absolute Gasteiger partial charge is 0.0314 e. The fourth-order valence-electron chi connectivity index (χ4n) is 2.73. The Morgan fingerprint density at radius 3 is 0.875 bits per heavy atom. The van der Waals surface area contributed by atoms with E-state index in [1.165, 1.54) is 11.1 Å². The minimum atomic E-state index is 0. The van der Waals surface area contributed by atoms with Gasteiger partial charge in [0.1, 0.15) is 0 Å². The number of halogens is 2. The topological polar surface area (TPSA) is 52.0 Å². The molecule has 0 unspecified atom stereocenters. The lowest BCUT2D eigenvalue weighted by atomic mass is 10.1. The van der Waals surface area contributed by atoms with Gasteiger partial charge in [0, 0.05) is 11.4 Å². The number of nitrogens with two attached hydrogens (primary N) is 2. The molecule has 0 aliphatic carbocycles. The van der Waals surface area contributed by atoms with Gasteiger partial charge in [-0.2, -0.15) is 0 Å². The van der Waals surface area contributed by atoms with Gasteiger partial charge in [-0.25, -0.2) is 0 Å². The number of benzene rings is 4. The van der Waals surface area contributed by atoms with E-state index in [0.717, 1.165) is 22.5 Å². The van der Waals surface area contributed by atoms with Crippen LogP contribution < -0.4 is 11.5 Å². The third-order valence-electron chi connectivity index (χ3n) is 4.41. The Morgan fingerprint density at radius 2 is 0.594 bits per heavy atom. The third-order valence-corrected chi connectivity index (χ3v) is 4.41. The van der Waals surface area contributed by atoms with Gasteiger partial charge in [-0.1, -0.05) is 109 Å². The van der Waals surface area contributed by atoms with Crippen LogP contribution in [0.25, 0.3) is 24.3 Å². The molecule has 0 saturated heterocycles. The molecule has 0 aliphatic rings. The van der Waals surface area contributed by atoms with Gasteiger partial charge in [-0.3, -0.25) is 0 Å². The summed E-state index contributed by atoms with van der Waals surface area (Å²) in [4.78, 5) is 0. The summed E-state index contributed by atoms with van der Waals surface area (Å²) < 4.78 is 0. The van der Waals surface area contributed by atoms with Gasteiger partial charge in [0.05, 0.1) is 0 Å². The lowest BCUT2D eigenvalue weighted by molar-refractivity contribution is 1.63. The van der Waals surface area contributed by atoms with Crippen LogP contribution >= 0.6 is 24.8 Å². The van der Waals surface area contributed by atoms with Gasteiger partial charge >= 0.3 is 0 Å². The van der Waals surface area contributed by atoms with E-state index in [1.54, 1.807) is 0 Å². The van der Waals surface area contributed by atoms with Gasteiger partial charge in [0.15, 0.2) is 0 Å². The van der Waals surface area contributed by atoms with E-state index in [-0.39, 0.29) is 24.8 Å². The molecule has 4 rings (SSSR count). The van der Waals surface area contributed by atoms with Crippen LogP contribution in [0.2, 0.25) is 0 Å².